The summed E-state index contributed by atoms with van der Waals surface area (Å²) in [7, 11) is 0. The number of hydrogen-bond acceptors (Lipinski definition) is 22. The first-order valence-corrected chi connectivity index (χ1v) is 18.0. The van der Waals surface area contributed by atoms with Gasteiger partial charge in [0, 0.05) is 6.92 Å². The van der Waals surface area contributed by atoms with Crippen molar-refractivity contribution in [2.75, 3.05) is 6.61 Å². The molecule has 25 atom stereocenters. The summed E-state index contributed by atoms with van der Waals surface area (Å²) in [5, 5.41) is 131. The molecule has 5 heterocycles. The third-order valence-electron chi connectivity index (χ3n) is 10.6. The summed E-state index contributed by atoms with van der Waals surface area (Å²) >= 11 is 0. The standard InChI is InChI=1S/C32H55NO22/c1-7-15(37)20(42)26(28(46)47-7)54-29-13(33-11(5)35)24(18(40)12(6-34)51-29)52-31-23(45)25(17(39)10(4)49-31)53-32-27(21(43)16(38)9(3)50-32)55-30-22(44)19(41)14(36)8(2)48-30/h7-10,12-32,34,36-46H,6H2,1-5H3,(H,33,35)/t7-,8-,9-,10-,12+,13+,14-,15-,16-,17-,18+,19+,20+,21+,22+,23+,24+,25+,26+,27+,28+,29-,30-,31-,32-/m0/s1. The van der Waals surface area contributed by atoms with E-state index < -0.39 is 166 Å². The van der Waals surface area contributed by atoms with Crippen molar-refractivity contribution >= 4 is 5.91 Å². The average molecular weight is 806 g/mol. The van der Waals surface area contributed by atoms with Gasteiger partial charge in [-0.3, -0.25) is 4.79 Å². The van der Waals surface area contributed by atoms with Crippen LogP contribution in [-0.4, -0.2) is 227 Å². The van der Waals surface area contributed by atoms with E-state index in [9.17, 15) is 66.1 Å². The second kappa shape index (κ2) is 18.3. The highest BCUT2D eigenvalue weighted by Crippen LogP contribution is 2.36. The zero-order valence-corrected chi connectivity index (χ0v) is 30.6. The van der Waals surface area contributed by atoms with Gasteiger partial charge in [0.05, 0.1) is 31.0 Å². The molecular weight excluding hydrogens is 750 g/mol. The number of carbonyl (C=O) groups is 1. The van der Waals surface area contributed by atoms with E-state index in [4.69, 9.17) is 42.6 Å². The zero-order valence-electron chi connectivity index (χ0n) is 30.6. The Morgan fingerprint density at radius 3 is 1.51 bits per heavy atom. The molecule has 0 aromatic heterocycles. The van der Waals surface area contributed by atoms with Crippen molar-refractivity contribution in [3.63, 3.8) is 0 Å². The Morgan fingerprint density at radius 2 is 0.927 bits per heavy atom. The topological polar surface area (TPSA) is 355 Å². The average Bonchev–Trinajstić information content (AvgIpc) is 3.13. The number of hydrogen-bond donors (Lipinski definition) is 13. The normalized spacial score (nSPS) is 53.8. The number of ether oxygens (including phenoxy) is 9. The van der Waals surface area contributed by atoms with Crippen molar-refractivity contribution in [1.29, 1.82) is 0 Å². The Labute approximate surface area is 314 Å². The molecule has 5 rings (SSSR count). The Morgan fingerprint density at radius 1 is 0.473 bits per heavy atom. The van der Waals surface area contributed by atoms with Gasteiger partial charge in [-0.25, -0.2) is 0 Å². The van der Waals surface area contributed by atoms with E-state index in [1.165, 1.54) is 27.7 Å². The fourth-order valence-electron chi connectivity index (χ4n) is 7.17. The zero-order chi connectivity index (χ0) is 40.8. The molecule has 5 aliphatic heterocycles. The van der Waals surface area contributed by atoms with E-state index in [0.29, 0.717) is 0 Å². The van der Waals surface area contributed by atoms with Gasteiger partial charge in [0.1, 0.15) is 97.6 Å². The van der Waals surface area contributed by atoms with Crippen LogP contribution >= 0.6 is 0 Å². The van der Waals surface area contributed by atoms with E-state index in [1.807, 2.05) is 0 Å². The molecule has 0 unspecified atom stereocenters. The maximum absolute atomic E-state index is 12.4. The van der Waals surface area contributed by atoms with Crippen LogP contribution in [0.15, 0.2) is 0 Å². The molecule has 0 saturated carbocycles. The predicted molar refractivity (Wildman–Crippen MR) is 172 cm³/mol. The highest BCUT2D eigenvalue weighted by Gasteiger charge is 2.56. The number of nitrogens with one attached hydrogen (secondary N) is 1. The Balaban J connectivity index is 1.38. The molecule has 23 nitrogen and oxygen atoms in total. The monoisotopic (exact) mass is 805 g/mol. The van der Waals surface area contributed by atoms with Crippen LogP contribution in [-0.2, 0) is 47.4 Å². The molecule has 1 amide bonds. The van der Waals surface area contributed by atoms with Crippen LogP contribution in [0, 0.1) is 0 Å². The van der Waals surface area contributed by atoms with Gasteiger partial charge in [0.2, 0.25) is 5.91 Å². The molecule has 13 N–H and O–H groups in total. The molecule has 0 radical (unpaired) electrons. The summed E-state index contributed by atoms with van der Waals surface area (Å²) in [6, 6.07) is -1.53. The van der Waals surface area contributed by atoms with Crippen LogP contribution in [0.2, 0.25) is 0 Å². The van der Waals surface area contributed by atoms with Crippen molar-refractivity contribution < 1.29 is 109 Å². The number of aliphatic hydroxyl groups excluding tert-OH is 12. The van der Waals surface area contributed by atoms with E-state index >= 15 is 0 Å². The lowest BCUT2D eigenvalue weighted by atomic mass is 9.94. The second-order valence-corrected chi connectivity index (χ2v) is 14.6. The molecule has 5 aliphatic rings. The first-order chi connectivity index (χ1) is 25.8. The van der Waals surface area contributed by atoms with E-state index in [-0.39, 0.29) is 0 Å². The minimum atomic E-state index is -1.98. The van der Waals surface area contributed by atoms with Gasteiger partial charge in [-0.15, -0.1) is 0 Å². The first-order valence-electron chi connectivity index (χ1n) is 18.0. The largest absolute Gasteiger partial charge is 0.394 e. The Hall–Kier alpha value is -1.37. The molecule has 5 fully saturated rings. The minimum absolute atomic E-state index is 0.714. The number of amides is 1. The van der Waals surface area contributed by atoms with Crippen LogP contribution in [0.25, 0.3) is 0 Å². The summed E-state index contributed by atoms with van der Waals surface area (Å²) in [6.07, 6.45) is -38.5. The fraction of sp³-hybridized carbons (Fsp3) is 0.969. The molecule has 23 heteroatoms. The van der Waals surface area contributed by atoms with Gasteiger partial charge < -0.3 is 109 Å². The van der Waals surface area contributed by atoms with E-state index in [2.05, 4.69) is 5.32 Å². The third kappa shape index (κ3) is 9.27. The first kappa shape index (κ1) is 44.7. The maximum atomic E-state index is 12.4. The Bertz CT molecular complexity index is 1260. The summed E-state index contributed by atoms with van der Waals surface area (Å²) < 4.78 is 51.4. The second-order valence-electron chi connectivity index (χ2n) is 14.6. The molecule has 5 saturated heterocycles. The van der Waals surface area contributed by atoms with Crippen LogP contribution < -0.4 is 5.32 Å². The van der Waals surface area contributed by atoms with Crippen molar-refractivity contribution in [3.8, 4) is 0 Å². The van der Waals surface area contributed by atoms with Crippen molar-refractivity contribution in [1.82, 2.24) is 5.32 Å². The van der Waals surface area contributed by atoms with E-state index in [1.54, 1.807) is 0 Å². The number of aliphatic hydroxyl groups is 12. The molecular formula is C32H55NO22. The summed E-state index contributed by atoms with van der Waals surface area (Å²) in [5.41, 5.74) is 0. The fourth-order valence-corrected chi connectivity index (χ4v) is 7.17. The van der Waals surface area contributed by atoms with Crippen LogP contribution in [0.1, 0.15) is 34.6 Å². The van der Waals surface area contributed by atoms with Crippen LogP contribution in [0.3, 0.4) is 0 Å². The third-order valence-corrected chi connectivity index (χ3v) is 10.6. The lowest BCUT2D eigenvalue weighted by Crippen LogP contribution is -2.69. The lowest BCUT2D eigenvalue weighted by Gasteiger charge is -2.50. The smallest absolute Gasteiger partial charge is 0.217 e. The van der Waals surface area contributed by atoms with E-state index in [0.717, 1.165) is 6.92 Å². The van der Waals surface area contributed by atoms with Gasteiger partial charge in [0.25, 0.3) is 0 Å². The molecule has 0 aromatic carbocycles. The van der Waals surface area contributed by atoms with Gasteiger partial charge in [0.15, 0.2) is 31.5 Å². The van der Waals surface area contributed by atoms with Gasteiger partial charge >= 0.3 is 0 Å². The van der Waals surface area contributed by atoms with Gasteiger partial charge in [-0.1, -0.05) is 0 Å². The van der Waals surface area contributed by atoms with Crippen LogP contribution in [0.4, 0.5) is 0 Å². The molecule has 0 spiro atoms. The number of carbonyl (C=O) groups excluding carboxylic acids is 1. The quantitative estimate of drug-likeness (QED) is 0.0975. The highest BCUT2D eigenvalue weighted by molar-refractivity contribution is 5.73. The van der Waals surface area contributed by atoms with Crippen molar-refractivity contribution in [3.05, 3.63) is 0 Å². The summed E-state index contributed by atoms with van der Waals surface area (Å²) in [5.74, 6) is -0.714. The molecule has 0 aliphatic carbocycles. The highest BCUT2D eigenvalue weighted by atomic mass is 16.8. The molecule has 55 heavy (non-hydrogen) atoms. The molecule has 0 bridgehead atoms. The summed E-state index contributed by atoms with van der Waals surface area (Å²) in [6.45, 7) is 5.77. The van der Waals surface area contributed by atoms with Crippen molar-refractivity contribution in [2.24, 2.45) is 0 Å². The van der Waals surface area contributed by atoms with Gasteiger partial charge in [-0.05, 0) is 27.7 Å². The maximum Gasteiger partial charge on any atom is 0.217 e. The number of rotatable bonds is 10. The lowest BCUT2D eigenvalue weighted by molar-refractivity contribution is -0.391. The Kier molecular flexibility index (Phi) is 14.9. The van der Waals surface area contributed by atoms with Crippen molar-refractivity contribution in [2.45, 2.75) is 188 Å². The SMILES string of the molecule is CC(=O)N[C@H]1[C@H](O[C@@H]2[C@H](O)[C@@H](O)[C@H](C)O[C@H]2O)O[C@H](CO)[C@@H](O)[C@@H]1O[C@@H]1O[C@@H](C)[C@H](O)[C@@H](O[C@@H]2O[C@@H](C)[C@H](O)[C@@H](O)[C@H]2O[C@@H]2O[C@@H](C)[C@H](O)[C@@H](O)[C@H]2O)[C@H]1O. The molecule has 320 valence electrons. The minimum Gasteiger partial charge on any atom is -0.394 e. The predicted octanol–water partition coefficient (Wildman–Crippen LogP) is -7.67. The molecule has 0 aromatic rings. The van der Waals surface area contributed by atoms with Crippen LogP contribution in [0.5, 0.6) is 0 Å². The summed E-state index contributed by atoms with van der Waals surface area (Å²) in [4.78, 5) is 12.4. The van der Waals surface area contributed by atoms with Gasteiger partial charge in [-0.2, -0.15) is 0 Å².